The van der Waals surface area contributed by atoms with E-state index >= 15 is 0 Å². The quantitative estimate of drug-likeness (QED) is 0.441. The summed E-state index contributed by atoms with van der Waals surface area (Å²) in [5.74, 6) is 0. The Bertz CT molecular complexity index is 34.8. The molecule has 0 aliphatic heterocycles. The maximum atomic E-state index is 9.68. The molecule has 0 saturated heterocycles. The van der Waals surface area contributed by atoms with Crippen LogP contribution in [0.4, 0.5) is 6.45 Å². The van der Waals surface area contributed by atoms with Crippen molar-refractivity contribution in [3.05, 3.63) is 6.42 Å². The van der Waals surface area contributed by atoms with E-state index in [4.69, 9.17) is 0 Å². The predicted molar refractivity (Wildman–Crippen MR) is 29.6 cm³/mol. The van der Waals surface area contributed by atoms with Crippen LogP contribution in [0.25, 0.3) is 0 Å². The SMILES string of the molecule is [CH-]1CCCCC1.[F][Pd][F]. The van der Waals surface area contributed by atoms with Crippen molar-refractivity contribution in [2.45, 2.75) is 32.1 Å². The molecule has 0 atom stereocenters. The van der Waals surface area contributed by atoms with E-state index in [2.05, 4.69) is 6.42 Å². The maximum absolute atomic E-state index is 9.68. The molecule has 0 aromatic rings. The fourth-order valence-electron chi connectivity index (χ4n) is 0.898. The van der Waals surface area contributed by atoms with Gasteiger partial charge in [0.2, 0.25) is 0 Å². The molecule has 0 radical (unpaired) electrons. The fraction of sp³-hybridized carbons (Fsp3) is 0.833. The average molecular weight is 228 g/mol. The number of hydrogen-bond acceptors (Lipinski definition) is 0. The average Bonchev–Trinajstić information content (AvgIpc) is 1.93. The summed E-state index contributed by atoms with van der Waals surface area (Å²) in [7, 11) is 0. The van der Waals surface area contributed by atoms with Gasteiger partial charge in [0.25, 0.3) is 0 Å². The van der Waals surface area contributed by atoms with Crippen LogP contribution in [-0.4, -0.2) is 0 Å². The summed E-state index contributed by atoms with van der Waals surface area (Å²) < 4.78 is 19.4. The molecule has 0 spiro atoms. The van der Waals surface area contributed by atoms with E-state index in [1.807, 2.05) is 0 Å². The van der Waals surface area contributed by atoms with Crippen LogP contribution in [0.5, 0.6) is 0 Å². The van der Waals surface area contributed by atoms with Gasteiger partial charge >= 0.3 is 25.5 Å². The molecule has 0 N–H and O–H groups in total. The first kappa shape index (κ1) is 9.52. The van der Waals surface area contributed by atoms with Crippen LogP contribution in [0.15, 0.2) is 0 Å². The second-order valence-electron chi connectivity index (χ2n) is 1.97. The van der Waals surface area contributed by atoms with Crippen molar-refractivity contribution in [3.8, 4) is 0 Å². The Labute approximate surface area is 64.4 Å². The first-order valence-electron chi connectivity index (χ1n) is 3.06. The summed E-state index contributed by atoms with van der Waals surface area (Å²) in [5, 5.41) is 0. The van der Waals surface area contributed by atoms with Crippen LogP contribution in [0.3, 0.4) is 0 Å². The van der Waals surface area contributed by atoms with E-state index in [0.717, 1.165) is 0 Å². The zero-order chi connectivity index (χ0) is 6.95. The van der Waals surface area contributed by atoms with Crippen LogP contribution in [-0.2, 0) is 19.0 Å². The summed E-state index contributed by atoms with van der Waals surface area (Å²) in [4.78, 5) is 0. The molecule has 0 unspecified atom stereocenters. The topological polar surface area (TPSA) is 0 Å². The summed E-state index contributed by atoms with van der Waals surface area (Å²) in [6.07, 6.45) is 9.50. The summed E-state index contributed by atoms with van der Waals surface area (Å²) in [6.45, 7) is 0. The Balaban J connectivity index is 0.000000187. The number of rotatable bonds is 0. The van der Waals surface area contributed by atoms with E-state index in [9.17, 15) is 6.45 Å². The van der Waals surface area contributed by atoms with Crippen LogP contribution >= 0.6 is 0 Å². The number of hydrogen-bond donors (Lipinski definition) is 0. The molecule has 9 heavy (non-hydrogen) atoms. The van der Waals surface area contributed by atoms with Crippen molar-refractivity contribution in [1.29, 1.82) is 0 Å². The van der Waals surface area contributed by atoms with Crippen LogP contribution in [0.1, 0.15) is 32.1 Å². The molecule has 60 valence electrons. The number of halogens is 2. The van der Waals surface area contributed by atoms with E-state index in [1.54, 1.807) is 0 Å². The van der Waals surface area contributed by atoms with Gasteiger partial charge in [0.15, 0.2) is 0 Å². The standard InChI is InChI=1S/C6H11.2FH.Pd/c1-2-4-6-5-3-1;;;/h1H,2-6H2;2*1H;/q-1;;;+2/p-2. The van der Waals surface area contributed by atoms with Gasteiger partial charge in [-0.05, 0) is 0 Å². The molecule has 0 bridgehead atoms. The minimum atomic E-state index is -2.05. The van der Waals surface area contributed by atoms with Gasteiger partial charge in [-0.15, -0.1) is 0 Å². The molecule has 1 aliphatic carbocycles. The van der Waals surface area contributed by atoms with Gasteiger partial charge in [0.05, 0.1) is 0 Å². The molecular formula is C6H11F2Pd-. The van der Waals surface area contributed by atoms with Crippen molar-refractivity contribution in [2.24, 2.45) is 0 Å². The summed E-state index contributed by atoms with van der Waals surface area (Å²) >= 11 is -2.05. The van der Waals surface area contributed by atoms with Crippen molar-refractivity contribution in [1.82, 2.24) is 0 Å². The van der Waals surface area contributed by atoms with Crippen molar-refractivity contribution in [3.63, 3.8) is 0 Å². The predicted octanol–water partition coefficient (Wildman–Crippen LogP) is 2.99. The normalized spacial score (nSPS) is 18.4. The minimum absolute atomic E-state index is 1.38. The van der Waals surface area contributed by atoms with Crippen molar-refractivity contribution in [2.75, 3.05) is 0 Å². The third-order valence-corrected chi connectivity index (χ3v) is 1.32. The molecule has 3 heteroatoms. The zero-order valence-electron chi connectivity index (χ0n) is 5.19. The molecule has 0 aromatic carbocycles. The van der Waals surface area contributed by atoms with Crippen molar-refractivity contribution < 1.29 is 25.5 Å². The van der Waals surface area contributed by atoms with Gasteiger partial charge in [-0.1, -0.05) is 19.3 Å². The second kappa shape index (κ2) is 8.52. The first-order valence-corrected chi connectivity index (χ1v) is 4.23. The Morgan fingerprint density at radius 1 is 1.00 bits per heavy atom. The molecule has 1 fully saturated rings. The third kappa shape index (κ3) is 8.52. The van der Waals surface area contributed by atoms with Gasteiger partial charge in [-0.25, -0.2) is 0 Å². The van der Waals surface area contributed by atoms with Gasteiger partial charge in [-0.3, -0.25) is 0 Å². The van der Waals surface area contributed by atoms with Gasteiger partial charge in [-0.2, -0.15) is 12.8 Å². The van der Waals surface area contributed by atoms with E-state index < -0.39 is 19.0 Å². The molecule has 0 aromatic heterocycles. The zero-order valence-corrected chi connectivity index (χ0v) is 6.74. The summed E-state index contributed by atoms with van der Waals surface area (Å²) in [6, 6.07) is 0. The first-order chi connectivity index (χ1) is 4.41. The molecule has 0 nitrogen and oxygen atoms in total. The molecule has 1 saturated carbocycles. The molecule has 0 heterocycles. The van der Waals surface area contributed by atoms with Crippen LogP contribution < -0.4 is 0 Å². The van der Waals surface area contributed by atoms with Gasteiger partial charge in [0, 0.05) is 0 Å². The molecule has 1 rings (SSSR count). The second-order valence-corrected chi connectivity index (χ2v) is 2.19. The third-order valence-electron chi connectivity index (χ3n) is 1.32. The van der Waals surface area contributed by atoms with Crippen LogP contribution in [0.2, 0.25) is 0 Å². The monoisotopic (exact) mass is 227 g/mol. The fourth-order valence-corrected chi connectivity index (χ4v) is 0.898. The molecule has 0 amide bonds. The Morgan fingerprint density at radius 2 is 1.44 bits per heavy atom. The van der Waals surface area contributed by atoms with E-state index in [0.29, 0.717) is 0 Å². The van der Waals surface area contributed by atoms with Gasteiger partial charge < -0.3 is 6.42 Å². The summed E-state index contributed by atoms with van der Waals surface area (Å²) in [5.41, 5.74) is 0. The van der Waals surface area contributed by atoms with Crippen molar-refractivity contribution >= 4 is 0 Å². The molecular weight excluding hydrogens is 216 g/mol. The molecule has 1 aliphatic rings. The Hall–Kier alpha value is 0.522. The van der Waals surface area contributed by atoms with E-state index in [-0.39, 0.29) is 0 Å². The Morgan fingerprint density at radius 3 is 1.56 bits per heavy atom. The van der Waals surface area contributed by atoms with Crippen LogP contribution in [0, 0.1) is 6.42 Å². The van der Waals surface area contributed by atoms with Gasteiger partial charge in [0.1, 0.15) is 0 Å². The van der Waals surface area contributed by atoms with E-state index in [1.165, 1.54) is 32.1 Å². The Kier molecular flexibility index (Phi) is 9.02.